The van der Waals surface area contributed by atoms with Gasteiger partial charge in [-0.05, 0) is 43.9 Å². The first kappa shape index (κ1) is 24.6. The van der Waals surface area contributed by atoms with Crippen LogP contribution in [0.25, 0.3) is 22.4 Å². The molecule has 1 fully saturated rings. The third-order valence-electron chi connectivity index (χ3n) is 6.37. The van der Waals surface area contributed by atoms with E-state index in [1.54, 1.807) is 47.6 Å². The Morgan fingerprint density at radius 1 is 1.24 bits per heavy atom. The predicted molar refractivity (Wildman–Crippen MR) is 140 cm³/mol. The van der Waals surface area contributed by atoms with Crippen LogP contribution in [0.15, 0.2) is 48.9 Å². The monoisotopic (exact) mass is 521 g/mol. The van der Waals surface area contributed by atoms with Gasteiger partial charge in [0, 0.05) is 54.2 Å². The first-order valence-electron chi connectivity index (χ1n) is 11.9. The van der Waals surface area contributed by atoms with Gasteiger partial charge in [-0.25, -0.2) is 24.1 Å². The van der Waals surface area contributed by atoms with E-state index in [-0.39, 0.29) is 23.6 Å². The molecule has 1 aliphatic heterocycles. The van der Waals surface area contributed by atoms with Gasteiger partial charge in [-0.1, -0.05) is 23.7 Å². The Labute approximate surface area is 217 Å². The van der Waals surface area contributed by atoms with Crippen LogP contribution in [0.4, 0.5) is 20.7 Å². The second kappa shape index (κ2) is 10.5. The number of nitrogens with zero attached hydrogens (tertiary/aromatic N) is 4. The molecule has 0 radical (unpaired) electrons. The van der Waals surface area contributed by atoms with Gasteiger partial charge < -0.3 is 20.5 Å². The fourth-order valence-electron chi connectivity index (χ4n) is 4.46. The number of hydrogen-bond donors (Lipinski definition) is 3. The first-order valence-corrected chi connectivity index (χ1v) is 12.3. The van der Waals surface area contributed by atoms with Gasteiger partial charge >= 0.3 is 6.03 Å². The molecule has 1 atom stereocenters. The molecule has 4 aromatic rings. The molecule has 0 spiro atoms. The summed E-state index contributed by atoms with van der Waals surface area (Å²) in [4.78, 5) is 42.0. The van der Waals surface area contributed by atoms with E-state index in [1.165, 1.54) is 6.92 Å². The molecule has 2 amide bonds. The molecule has 3 aromatic heterocycles. The number of anilines is 2. The number of piperidine rings is 1. The summed E-state index contributed by atoms with van der Waals surface area (Å²) < 4.78 is 14.6. The third kappa shape index (κ3) is 5.54. The fraction of sp³-hybridized carbons (Fsp3) is 0.269. The van der Waals surface area contributed by atoms with E-state index in [0.717, 1.165) is 24.4 Å². The Balaban J connectivity index is 1.24. The van der Waals surface area contributed by atoms with Gasteiger partial charge in [-0.3, -0.25) is 4.79 Å². The van der Waals surface area contributed by atoms with E-state index in [9.17, 15) is 14.0 Å². The van der Waals surface area contributed by atoms with Gasteiger partial charge in [0.2, 0.25) is 0 Å². The summed E-state index contributed by atoms with van der Waals surface area (Å²) >= 11 is 6.09. The summed E-state index contributed by atoms with van der Waals surface area (Å²) in [6.45, 7) is 3.06. The summed E-state index contributed by atoms with van der Waals surface area (Å²) in [5, 5.41) is 7.19. The van der Waals surface area contributed by atoms with E-state index in [0.29, 0.717) is 52.9 Å². The van der Waals surface area contributed by atoms with E-state index in [2.05, 4.69) is 30.6 Å². The number of likely N-dealkylation sites (tertiary alicyclic amines) is 1. The van der Waals surface area contributed by atoms with Crippen molar-refractivity contribution >= 4 is 46.0 Å². The van der Waals surface area contributed by atoms with Crippen LogP contribution in [0.3, 0.4) is 0 Å². The zero-order valence-corrected chi connectivity index (χ0v) is 20.8. The maximum absolute atomic E-state index is 14.6. The number of carbonyl (C=O) groups is 2. The number of amides is 2. The van der Waals surface area contributed by atoms with Gasteiger partial charge in [-0.15, -0.1) is 0 Å². The highest BCUT2D eigenvalue weighted by Gasteiger charge is 2.24. The van der Waals surface area contributed by atoms with Crippen LogP contribution in [-0.2, 0) is 0 Å². The Morgan fingerprint density at radius 3 is 2.95 bits per heavy atom. The minimum atomic E-state index is -0.560. The second-order valence-electron chi connectivity index (χ2n) is 9.04. The molecule has 5 rings (SSSR count). The van der Waals surface area contributed by atoms with Crippen molar-refractivity contribution in [3.05, 3.63) is 65.3 Å². The number of pyridine rings is 1. The summed E-state index contributed by atoms with van der Waals surface area (Å²) in [6, 6.07) is 8.39. The number of Topliss-reactive ketones (excluding diaryl/α,β-unsaturated/α-hetero) is 1. The largest absolute Gasteiger partial charge is 0.367 e. The number of halogens is 2. The fourth-order valence-corrected chi connectivity index (χ4v) is 4.62. The molecule has 0 saturated carbocycles. The molecule has 3 N–H and O–H groups in total. The number of nitrogens with one attached hydrogen (secondary N) is 3. The lowest BCUT2D eigenvalue weighted by atomic mass is 9.98. The molecule has 37 heavy (non-hydrogen) atoms. The maximum atomic E-state index is 14.6. The molecule has 0 aliphatic carbocycles. The second-order valence-corrected chi connectivity index (χ2v) is 9.48. The van der Waals surface area contributed by atoms with Gasteiger partial charge in [0.25, 0.3) is 0 Å². The molecule has 0 bridgehead atoms. The number of benzene rings is 1. The topological polar surface area (TPSA) is 116 Å². The Bertz CT molecular complexity index is 1470. The first-order chi connectivity index (χ1) is 17.9. The van der Waals surface area contributed by atoms with Crippen molar-refractivity contribution in [2.24, 2.45) is 5.92 Å². The zero-order valence-electron chi connectivity index (χ0n) is 20.1. The van der Waals surface area contributed by atoms with E-state index in [1.807, 2.05) is 0 Å². The summed E-state index contributed by atoms with van der Waals surface area (Å²) in [6.07, 6.45) is 6.11. The van der Waals surface area contributed by atoms with Crippen LogP contribution < -0.4 is 10.6 Å². The number of urea groups is 1. The Morgan fingerprint density at radius 2 is 2.11 bits per heavy atom. The Kier molecular flexibility index (Phi) is 7.00. The normalized spacial score (nSPS) is 15.5. The van der Waals surface area contributed by atoms with Gasteiger partial charge in [-0.2, -0.15) is 0 Å². The van der Waals surface area contributed by atoms with Crippen molar-refractivity contribution < 1.29 is 14.0 Å². The van der Waals surface area contributed by atoms with Crippen molar-refractivity contribution in [2.75, 3.05) is 30.3 Å². The SMILES string of the molecule is CC(=O)c1cccc(NC(=O)N2CCC[C@H](CNc3nc(-c4c[nH]c5ncc(Cl)cc45)ncc3F)C2)c1. The number of rotatable bonds is 6. The number of aromatic nitrogens is 4. The molecule has 9 nitrogen and oxygen atoms in total. The van der Waals surface area contributed by atoms with Crippen LogP contribution >= 0.6 is 11.6 Å². The van der Waals surface area contributed by atoms with Crippen LogP contribution in [0, 0.1) is 11.7 Å². The van der Waals surface area contributed by atoms with Crippen LogP contribution in [0.1, 0.15) is 30.1 Å². The van der Waals surface area contributed by atoms with Crippen molar-refractivity contribution in [1.82, 2.24) is 24.8 Å². The average Bonchev–Trinajstić information content (AvgIpc) is 3.31. The quantitative estimate of drug-likeness (QED) is 0.294. The number of ketones is 1. The lowest BCUT2D eigenvalue weighted by molar-refractivity contribution is 0.101. The van der Waals surface area contributed by atoms with Crippen LogP contribution in [-0.4, -0.2) is 56.3 Å². The van der Waals surface area contributed by atoms with Gasteiger partial charge in [0.15, 0.2) is 23.2 Å². The molecule has 11 heteroatoms. The number of aromatic amines is 1. The summed E-state index contributed by atoms with van der Waals surface area (Å²) in [5.41, 5.74) is 2.41. The number of hydrogen-bond acceptors (Lipinski definition) is 6. The van der Waals surface area contributed by atoms with Crippen molar-refractivity contribution in [3.8, 4) is 11.4 Å². The molecule has 1 aliphatic rings. The maximum Gasteiger partial charge on any atom is 0.321 e. The van der Waals surface area contributed by atoms with E-state index >= 15 is 0 Å². The third-order valence-corrected chi connectivity index (χ3v) is 6.57. The molecule has 4 heterocycles. The number of H-pyrrole nitrogens is 1. The lowest BCUT2D eigenvalue weighted by Crippen LogP contribution is -2.44. The minimum Gasteiger partial charge on any atom is -0.367 e. The van der Waals surface area contributed by atoms with Crippen LogP contribution in [0.2, 0.25) is 5.02 Å². The Hall–Kier alpha value is -4.05. The molecular weight excluding hydrogens is 497 g/mol. The lowest BCUT2D eigenvalue weighted by Gasteiger charge is -2.33. The average molecular weight is 522 g/mol. The number of carbonyl (C=O) groups excluding carboxylic acids is 2. The van der Waals surface area contributed by atoms with Gasteiger partial charge in [0.1, 0.15) is 5.65 Å². The minimum absolute atomic E-state index is 0.0644. The highest BCUT2D eigenvalue weighted by molar-refractivity contribution is 6.31. The summed E-state index contributed by atoms with van der Waals surface area (Å²) in [7, 11) is 0. The molecule has 1 aromatic carbocycles. The molecule has 0 unspecified atom stereocenters. The predicted octanol–water partition coefficient (Wildman–Crippen LogP) is 5.37. The van der Waals surface area contributed by atoms with Crippen molar-refractivity contribution in [1.29, 1.82) is 0 Å². The highest BCUT2D eigenvalue weighted by Crippen LogP contribution is 2.28. The van der Waals surface area contributed by atoms with E-state index < -0.39 is 5.82 Å². The van der Waals surface area contributed by atoms with E-state index in [4.69, 9.17) is 11.6 Å². The molecule has 190 valence electrons. The molecule has 1 saturated heterocycles. The van der Waals surface area contributed by atoms with Crippen molar-refractivity contribution in [2.45, 2.75) is 19.8 Å². The number of fused-ring (bicyclic) bond motifs is 1. The molecular formula is C26H25ClFN7O2. The highest BCUT2D eigenvalue weighted by atomic mass is 35.5. The standard InChI is InChI=1S/C26H25ClFN7O2/c1-15(36)17-5-2-6-19(8-17)33-26(37)35-7-3-4-16(14-35)10-29-25-22(28)13-32-24(34-25)21-12-31-23-20(21)9-18(27)11-30-23/h2,5-6,8-9,11-13,16H,3-4,7,10,14H2,1H3,(H,30,31)(H,33,37)(H,29,32,34)/t16-/m1/s1. The van der Waals surface area contributed by atoms with Crippen molar-refractivity contribution in [3.63, 3.8) is 0 Å². The summed E-state index contributed by atoms with van der Waals surface area (Å²) in [5.74, 6) is -0.0772. The smallest absolute Gasteiger partial charge is 0.321 e. The van der Waals surface area contributed by atoms with Crippen LogP contribution in [0.5, 0.6) is 0 Å². The van der Waals surface area contributed by atoms with Gasteiger partial charge in [0.05, 0.1) is 11.2 Å². The zero-order chi connectivity index (χ0) is 25.9.